The Bertz CT molecular complexity index is 1520. The molecule has 11 heteroatoms. The van der Waals surface area contributed by atoms with E-state index in [0.717, 1.165) is 28.1 Å². The van der Waals surface area contributed by atoms with Crippen LogP contribution in [0.3, 0.4) is 0 Å². The monoisotopic (exact) mass is 605 g/mol. The van der Waals surface area contributed by atoms with Crippen LogP contribution in [0.15, 0.2) is 72.6 Å². The molecule has 0 aliphatic carbocycles. The van der Waals surface area contributed by atoms with Crippen LogP contribution in [0.25, 0.3) is 0 Å². The maximum atomic E-state index is 13.6. The van der Waals surface area contributed by atoms with Gasteiger partial charge in [-0.1, -0.05) is 69.1 Å². The van der Waals surface area contributed by atoms with Crippen LogP contribution in [0.4, 0.5) is 17.1 Å². The SMILES string of the molecule is COc1c(NSC)cc(C(C)(C)C)cc1NC(=O)c1ccc(C)c(N2C=C(C(O)=[NH+][C@H](CO)c3ccccc3)NN2C)c1. The number of nitrogens with zero attached hydrogens (tertiary/aromatic N) is 2. The zero-order valence-corrected chi connectivity index (χ0v) is 26.5. The average molecular weight is 606 g/mol. The zero-order valence-electron chi connectivity index (χ0n) is 25.6. The highest BCUT2D eigenvalue weighted by Crippen LogP contribution is 2.40. The van der Waals surface area contributed by atoms with Gasteiger partial charge in [-0.3, -0.25) is 15.2 Å². The number of nitrogens with one attached hydrogen (secondary N) is 4. The molecule has 0 radical (unpaired) electrons. The lowest BCUT2D eigenvalue weighted by molar-refractivity contribution is -0.521. The van der Waals surface area contributed by atoms with E-state index in [9.17, 15) is 15.0 Å². The van der Waals surface area contributed by atoms with E-state index >= 15 is 0 Å². The molecule has 3 aromatic carbocycles. The van der Waals surface area contributed by atoms with Crippen LogP contribution in [0.2, 0.25) is 0 Å². The summed E-state index contributed by atoms with van der Waals surface area (Å²) in [5, 5.41) is 27.4. The topological polar surface area (TPSA) is 123 Å². The number of ether oxygens (including phenoxy) is 1. The molecule has 4 rings (SSSR count). The number of hydrogen-bond acceptors (Lipinski definition) is 8. The molecule has 6 N–H and O–H groups in total. The molecule has 10 nitrogen and oxygen atoms in total. The van der Waals surface area contributed by atoms with Gasteiger partial charge in [0.2, 0.25) is 6.04 Å². The van der Waals surface area contributed by atoms with Crippen molar-refractivity contribution in [3.8, 4) is 5.75 Å². The summed E-state index contributed by atoms with van der Waals surface area (Å²) in [7, 11) is 3.38. The number of carbonyl (C=O) groups is 1. The van der Waals surface area contributed by atoms with Crippen molar-refractivity contribution < 1.29 is 24.7 Å². The van der Waals surface area contributed by atoms with Crippen LogP contribution in [-0.4, -0.2) is 54.2 Å². The number of methoxy groups -OCH3 is 1. The minimum Gasteiger partial charge on any atom is -0.492 e. The minimum absolute atomic E-state index is 0.121. The van der Waals surface area contributed by atoms with Gasteiger partial charge in [0.15, 0.2) is 11.4 Å². The van der Waals surface area contributed by atoms with Crippen molar-refractivity contribution in [2.75, 3.05) is 42.1 Å². The van der Waals surface area contributed by atoms with Gasteiger partial charge in [-0.15, -0.1) is 5.12 Å². The quantitative estimate of drug-likeness (QED) is 0.116. The first-order chi connectivity index (χ1) is 20.5. The number of aryl methyl sites for hydroxylation is 1. The van der Waals surface area contributed by atoms with Gasteiger partial charge in [-0.05, 0) is 47.7 Å². The zero-order chi connectivity index (χ0) is 31.3. The maximum absolute atomic E-state index is 13.6. The summed E-state index contributed by atoms with van der Waals surface area (Å²) in [5.74, 6) is 0.142. The molecule has 0 spiro atoms. The summed E-state index contributed by atoms with van der Waals surface area (Å²) in [6.45, 7) is 8.11. The fourth-order valence-corrected chi connectivity index (χ4v) is 5.10. The second-order valence-corrected chi connectivity index (χ2v) is 11.9. The number of carbonyl (C=O) groups excluding carboxylic acids is 1. The molecule has 0 fully saturated rings. The Hall–Kier alpha value is -4.19. The van der Waals surface area contributed by atoms with Crippen molar-refractivity contribution in [1.82, 2.24) is 10.5 Å². The highest BCUT2D eigenvalue weighted by Gasteiger charge is 2.29. The lowest BCUT2D eigenvalue weighted by Crippen LogP contribution is -2.76. The van der Waals surface area contributed by atoms with Gasteiger partial charge in [0.05, 0.1) is 30.4 Å². The Kier molecular flexibility index (Phi) is 9.90. The standard InChI is InChI=1S/C32H40N6O4S/c1-20-13-14-22(30(40)33-24-16-23(32(2,3)4)17-25(36-43-7)29(24)42-6)15-28(20)38-18-26(35-37(38)5)31(41)34-27(19-39)21-11-9-8-10-12-21/h8-18,27,35-36,39H,19H2,1-7H3,(H,33,40)(H,34,41)/p+1/t27-/m1/s1. The summed E-state index contributed by atoms with van der Waals surface area (Å²) in [6.07, 6.45) is 3.66. The van der Waals surface area contributed by atoms with Gasteiger partial charge in [-0.2, -0.15) is 4.99 Å². The third kappa shape index (κ3) is 7.24. The third-order valence-corrected chi connectivity index (χ3v) is 7.57. The second-order valence-electron chi connectivity index (χ2n) is 11.3. The Morgan fingerprint density at radius 1 is 1.12 bits per heavy atom. The highest BCUT2D eigenvalue weighted by molar-refractivity contribution is 7.99. The van der Waals surface area contributed by atoms with E-state index in [-0.39, 0.29) is 23.8 Å². The van der Waals surface area contributed by atoms with Gasteiger partial charge in [0, 0.05) is 24.4 Å². The van der Waals surface area contributed by atoms with E-state index in [1.54, 1.807) is 42.6 Å². The molecule has 3 aromatic rings. The fraction of sp³-hybridized carbons (Fsp3) is 0.312. The number of aliphatic hydroxyl groups is 2. The maximum Gasteiger partial charge on any atom is 0.386 e. The van der Waals surface area contributed by atoms with Crippen LogP contribution >= 0.6 is 11.9 Å². The summed E-state index contributed by atoms with van der Waals surface area (Å²) < 4.78 is 8.96. The fourth-order valence-electron chi connectivity index (χ4n) is 4.73. The van der Waals surface area contributed by atoms with E-state index in [1.165, 1.54) is 11.9 Å². The van der Waals surface area contributed by atoms with Crippen LogP contribution in [-0.2, 0) is 5.41 Å². The summed E-state index contributed by atoms with van der Waals surface area (Å²) in [4.78, 5) is 16.6. The van der Waals surface area contributed by atoms with Crippen LogP contribution in [0, 0.1) is 6.92 Å². The van der Waals surface area contributed by atoms with Crippen molar-refractivity contribution >= 4 is 40.8 Å². The predicted molar refractivity (Wildman–Crippen MR) is 174 cm³/mol. The molecular formula is C32H41N6O4S+. The molecule has 1 amide bonds. The Morgan fingerprint density at radius 3 is 2.44 bits per heavy atom. The van der Waals surface area contributed by atoms with Gasteiger partial charge >= 0.3 is 5.90 Å². The number of benzene rings is 3. The molecule has 228 valence electrons. The number of aliphatic hydroxyl groups excluding tert-OH is 2. The smallest absolute Gasteiger partial charge is 0.386 e. The first kappa shape index (κ1) is 31.7. The summed E-state index contributed by atoms with van der Waals surface area (Å²) in [6, 6.07) is 18.4. The van der Waals surface area contributed by atoms with Gasteiger partial charge in [0.1, 0.15) is 6.61 Å². The number of amides is 1. The van der Waals surface area contributed by atoms with Crippen molar-refractivity contribution in [3.05, 3.63) is 94.8 Å². The molecular weight excluding hydrogens is 564 g/mol. The van der Waals surface area contributed by atoms with Gasteiger partial charge in [0.25, 0.3) is 5.91 Å². The Labute approximate surface area is 257 Å². The van der Waals surface area contributed by atoms with Crippen LogP contribution in [0.5, 0.6) is 5.75 Å². The lowest BCUT2D eigenvalue weighted by Gasteiger charge is -2.26. The molecule has 1 heterocycles. The number of anilines is 3. The molecule has 0 saturated heterocycles. The number of hydrazine groups is 2. The van der Waals surface area contributed by atoms with Crippen LogP contribution < -0.4 is 30.2 Å². The van der Waals surface area contributed by atoms with E-state index in [0.29, 0.717) is 22.7 Å². The van der Waals surface area contributed by atoms with Crippen molar-refractivity contribution in [2.45, 2.75) is 39.2 Å². The molecule has 1 atom stereocenters. The first-order valence-corrected chi connectivity index (χ1v) is 15.1. The summed E-state index contributed by atoms with van der Waals surface area (Å²) >= 11 is 1.45. The molecule has 0 unspecified atom stereocenters. The largest absolute Gasteiger partial charge is 0.492 e. The summed E-state index contributed by atoms with van der Waals surface area (Å²) in [5.41, 5.74) is 8.74. The molecule has 0 saturated carbocycles. The van der Waals surface area contributed by atoms with Crippen molar-refractivity contribution in [1.29, 1.82) is 0 Å². The molecule has 0 aromatic heterocycles. The number of hydrogen-bond donors (Lipinski definition) is 6. The van der Waals surface area contributed by atoms with E-state index in [1.807, 2.05) is 61.7 Å². The van der Waals surface area contributed by atoms with Crippen molar-refractivity contribution in [3.63, 3.8) is 0 Å². The average Bonchev–Trinajstić information content (AvgIpc) is 3.37. The Morgan fingerprint density at radius 2 is 1.81 bits per heavy atom. The van der Waals surface area contributed by atoms with Crippen molar-refractivity contribution in [2.24, 2.45) is 0 Å². The third-order valence-electron chi connectivity index (χ3n) is 7.14. The van der Waals surface area contributed by atoms with Crippen LogP contribution in [0.1, 0.15) is 53.9 Å². The van der Waals surface area contributed by atoms with Gasteiger partial charge < -0.3 is 25.0 Å². The minimum atomic E-state index is -0.488. The second kappa shape index (κ2) is 13.4. The van der Waals surface area contributed by atoms with E-state index in [4.69, 9.17) is 4.74 Å². The lowest BCUT2D eigenvalue weighted by atomic mass is 9.86. The van der Waals surface area contributed by atoms with Gasteiger partial charge in [-0.25, -0.2) is 0 Å². The predicted octanol–water partition coefficient (Wildman–Crippen LogP) is 4.03. The highest BCUT2D eigenvalue weighted by atomic mass is 32.2. The van der Waals surface area contributed by atoms with E-state index in [2.05, 4.69) is 41.2 Å². The molecule has 1 aliphatic heterocycles. The molecule has 0 bridgehead atoms. The van der Waals surface area contributed by atoms with E-state index < -0.39 is 6.04 Å². The first-order valence-electron chi connectivity index (χ1n) is 13.9. The number of rotatable bonds is 10. The molecule has 43 heavy (non-hydrogen) atoms. The Balaban J connectivity index is 1.63. The normalized spacial score (nSPS) is 14.7. The molecule has 1 aliphatic rings.